The van der Waals surface area contributed by atoms with Crippen LogP contribution in [-0.4, -0.2) is 0 Å². The van der Waals surface area contributed by atoms with Crippen molar-refractivity contribution in [3.63, 3.8) is 0 Å². The van der Waals surface area contributed by atoms with E-state index in [4.69, 9.17) is 0 Å². The Labute approximate surface area is 95.8 Å². The molecule has 0 aromatic carbocycles. The Bertz CT molecular complexity index is 222. The van der Waals surface area contributed by atoms with Crippen LogP contribution in [0.25, 0.3) is 0 Å². The van der Waals surface area contributed by atoms with Gasteiger partial charge in [-0.3, -0.25) is 0 Å². The van der Waals surface area contributed by atoms with Crippen LogP contribution in [0.4, 0.5) is 0 Å². The van der Waals surface area contributed by atoms with Crippen molar-refractivity contribution in [1.29, 1.82) is 0 Å². The van der Waals surface area contributed by atoms with Crippen molar-refractivity contribution in [1.82, 2.24) is 0 Å². The molecule has 0 heteroatoms. The van der Waals surface area contributed by atoms with Crippen LogP contribution in [0.5, 0.6) is 0 Å². The van der Waals surface area contributed by atoms with Crippen LogP contribution in [-0.2, 0) is 0 Å². The Morgan fingerprint density at radius 2 is 1.27 bits per heavy atom. The highest BCUT2D eigenvalue weighted by Gasteiger charge is 2.57. The van der Waals surface area contributed by atoms with E-state index in [0.717, 1.165) is 17.3 Å². The van der Waals surface area contributed by atoms with E-state index in [9.17, 15) is 0 Å². The highest BCUT2D eigenvalue weighted by molar-refractivity contribution is 5.07. The molecule has 0 amide bonds. The maximum Gasteiger partial charge on any atom is -0.0288 e. The maximum absolute atomic E-state index is 2.43. The summed E-state index contributed by atoms with van der Waals surface area (Å²) in [5.74, 6) is 1.89. The third-order valence-corrected chi connectivity index (χ3v) is 4.68. The summed E-state index contributed by atoms with van der Waals surface area (Å²) < 4.78 is 0. The smallest absolute Gasteiger partial charge is 0.0288 e. The third kappa shape index (κ3) is 2.10. The van der Waals surface area contributed by atoms with E-state index < -0.39 is 0 Å². The lowest BCUT2D eigenvalue weighted by Gasteiger charge is -2.52. The lowest BCUT2D eigenvalue weighted by Crippen LogP contribution is -2.44. The Kier molecular flexibility index (Phi) is 2.31. The van der Waals surface area contributed by atoms with Crippen LogP contribution in [0.3, 0.4) is 0 Å². The molecule has 0 saturated heterocycles. The molecule has 0 heterocycles. The molecule has 2 saturated carbocycles. The van der Waals surface area contributed by atoms with Gasteiger partial charge in [-0.25, -0.2) is 0 Å². The van der Waals surface area contributed by atoms with Crippen molar-refractivity contribution in [2.45, 2.75) is 67.2 Å². The van der Waals surface area contributed by atoms with Crippen molar-refractivity contribution in [3.05, 3.63) is 0 Å². The Morgan fingerprint density at radius 3 is 1.53 bits per heavy atom. The first kappa shape index (κ1) is 11.5. The zero-order chi connectivity index (χ0) is 11.5. The van der Waals surface area contributed by atoms with Gasteiger partial charge in [0.25, 0.3) is 0 Å². The summed E-state index contributed by atoms with van der Waals surface area (Å²) in [5.41, 5.74) is 1.80. The largest absolute Gasteiger partial charge is 0.0599 e. The summed E-state index contributed by atoms with van der Waals surface area (Å²) in [6.45, 7) is 14.6. The lowest BCUT2D eigenvalue weighted by molar-refractivity contribution is -0.0285. The highest BCUT2D eigenvalue weighted by atomic mass is 14.6. The van der Waals surface area contributed by atoms with Crippen molar-refractivity contribution >= 4 is 0 Å². The Hall–Kier alpha value is 0. The molecule has 0 N–H and O–H groups in total. The SMILES string of the molecule is CC(C)(C)C(C1CC2(CC2)C1)C(C)(C)C. The molecule has 2 rings (SSSR count). The predicted octanol–water partition coefficient (Wildman–Crippen LogP) is 4.89. The zero-order valence-corrected chi connectivity index (χ0v) is 11.5. The molecule has 2 aliphatic rings. The summed E-state index contributed by atoms with van der Waals surface area (Å²) in [7, 11) is 0. The average molecular weight is 208 g/mol. The van der Waals surface area contributed by atoms with Gasteiger partial charge in [0.15, 0.2) is 0 Å². The van der Waals surface area contributed by atoms with Gasteiger partial charge in [0, 0.05) is 0 Å². The first-order valence-electron chi connectivity index (χ1n) is 6.64. The van der Waals surface area contributed by atoms with Crippen LogP contribution in [0.1, 0.15) is 67.2 Å². The fourth-order valence-corrected chi connectivity index (χ4v) is 4.59. The van der Waals surface area contributed by atoms with Crippen LogP contribution in [0, 0.1) is 28.1 Å². The van der Waals surface area contributed by atoms with E-state index in [-0.39, 0.29) is 0 Å². The molecule has 15 heavy (non-hydrogen) atoms. The van der Waals surface area contributed by atoms with E-state index in [0.29, 0.717) is 10.8 Å². The minimum atomic E-state index is 0.472. The minimum Gasteiger partial charge on any atom is -0.0599 e. The van der Waals surface area contributed by atoms with Gasteiger partial charge in [0.2, 0.25) is 0 Å². The van der Waals surface area contributed by atoms with Gasteiger partial charge < -0.3 is 0 Å². The van der Waals surface area contributed by atoms with Crippen molar-refractivity contribution in [2.75, 3.05) is 0 Å². The lowest BCUT2D eigenvalue weighted by atomic mass is 9.53. The second kappa shape index (κ2) is 3.02. The molecule has 0 aromatic rings. The molecular weight excluding hydrogens is 180 g/mol. The summed E-state index contributed by atoms with van der Waals surface area (Å²) in [4.78, 5) is 0. The van der Waals surface area contributed by atoms with E-state index >= 15 is 0 Å². The molecule has 0 nitrogen and oxygen atoms in total. The summed E-state index contributed by atoms with van der Waals surface area (Å²) in [6.07, 6.45) is 6.13. The predicted molar refractivity (Wildman–Crippen MR) is 66.8 cm³/mol. The van der Waals surface area contributed by atoms with Crippen LogP contribution >= 0.6 is 0 Å². The van der Waals surface area contributed by atoms with E-state index in [1.54, 1.807) is 0 Å². The van der Waals surface area contributed by atoms with Gasteiger partial charge in [0.1, 0.15) is 0 Å². The van der Waals surface area contributed by atoms with Gasteiger partial charge in [-0.15, -0.1) is 0 Å². The second-order valence-electron chi connectivity index (χ2n) is 8.38. The van der Waals surface area contributed by atoms with E-state index in [2.05, 4.69) is 41.5 Å². The van der Waals surface area contributed by atoms with Gasteiger partial charge in [-0.1, -0.05) is 41.5 Å². The molecule has 0 aromatic heterocycles. The monoisotopic (exact) mass is 208 g/mol. The number of rotatable bonds is 1. The van der Waals surface area contributed by atoms with Crippen molar-refractivity contribution in [3.8, 4) is 0 Å². The van der Waals surface area contributed by atoms with Gasteiger partial charge >= 0.3 is 0 Å². The minimum absolute atomic E-state index is 0.472. The molecule has 1 spiro atoms. The Balaban J connectivity index is 2.07. The molecule has 0 atom stereocenters. The van der Waals surface area contributed by atoms with Crippen molar-refractivity contribution in [2.24, 2.45) is 28.1 Å². The second-order valence-corrected chi connectivity index (χ2v) is 8.38. The number of hydrogen-bond donors (Lipinski definition) is 0. The van der Waals surface area contributed by atoms with Gasteiger partial charge in [0.05, 0.1) is 0 Å². The summed E-state index contributed by atoms with van der Waals surface area (Å²) >= 11 is 0. The molecule has 2 aliphatic carbocycles. The van der Waals surface area contributed by atoms with Gasteiger partial charge in [-0.05, 0) is 53.8 Å². The van der Waals surface area contributed by atoms with Crippen LogP contribution in [0.2, 0.25) is 0 Å². The normalized spacial score (nSPS) is 25.8. The molecule has 2 fully saturated rings. The van der Waals surface area contributed by atoms with E-state index in [1.807, 2.05) is 0 Å². The quantitative estimate of drug-likeness (QED) is 0.576. The fraction of sp³-hybridized carbons (Fsp3) is 1.00. The maximum atomic E-state index is 2.43. The molecule has 0 aliphatic heterocycles. The van der Waals surface area contributed by atoms with E-state index in [1.165, 1.54) is 25.7 Å². The number of hydrogen-bond acceptors (Lipinski definition) is 0. The third-order valence-electron chi connectivity index (χ3n) is 4.68. The van der Waals surface area contributed by atoms with Crippen molar-refractivity contribution < 1.29 is 0 Å². The molecular formula is C15H28. The first-order chi connectivity index (χ1) is 6.64. The Morgan fingerprint density at radius 1 is 0.867 bits per heavy atom. The molecule has 88 valence electrons. The molecule has 0 bridgehead atoms. The topological polar surface area (TPSA) is 0 Å². The van der Waals surface area contributed by atoms with Crippen LogP contribution in [0.15, 0.2) is 0 Å². The summed E-state index contributed by atoms with van der Waals surface area (Å²) in [6, 6.07) is 0. The molecule has 0 unspecified atom stereocenters. The van der Waals surface area contributed by atoms with Gasteiger partial charge in [-0.2, -0.15) is 0 Å². The summed E-state index contributed by atoms with van der Waals surface area (Å²) in [5, 5.41) is 0. The zero-order valence-electron chi connectivity index (χ0n) is 11.5. The highest BCUT2D eigenvalue weighted by Crippen LogP contribution is 2.68. The molecule has 0 radical (unpaired) electrons. The average Bonchev–Trinajstić information content (AvgIpc) is 2.57. The van der Waals surface area contributed by atoms with Crippen LogP contribution < -0.4 is 0 Å². The standard InChI is InChI=1S/C15H28/c1-13(2,3)12(14(4,5)6)11-9-15(10-11)7-8-15/h11-12H,7-10H2,1-6H3. The fourth-order valence-electron chi connectivity index (χ4n) is 4.59. The first-order valence-corrected chi connectivity index (χ1v) is 6.64.